The number of para-hydroxylation sites is 1. The third-order valence-corrected chi connectivity index (χ3v) is 3.07. The van der Waals surface area contributed by atoms with Crippen molar-refractivity contribution in [3.05, 3.63) is 59.7 Å². The van der Waals surface area contributed by atoms with E-state index in [1.165, 1.54) is 24.3 Å². The minimum atomic E-state index is -1.01. The molecule has 2 aromatic carbocycles. The van der Waals surface area contributed by atoms with Gasteiger partial charge in [-0.2, -0.15) is 0 Å². The fourth-order valence-electron chi connectivity index (χ4n) is 1.91. The average Bonchev–Trinajstić information content (AvgIpc) is 2.56. The molecule has 23 heavy (non-hydrogen) atoms. The molecule has 120 valence electrons. The number of anilines is 1. The predicted molar refractivity (Wildman–Crippen MR) is 85.2 cm³/mol. The van der Waals surface area contributed by atoms with Crippen LogP contribution in [0, 0.1) is 0 Å². The van der Waals surface area contributed by atoms with E-state index in [4.69, 9.17) is 14.6 Å². The molecule has 0 heterocycles. The highest BCUT2D eigenvalue weighted by Crippen LogP contribution is 2.20. The summed E-state index contributed by atoms with van der Waals surface area (Å²) < 4.78 is 10.4. The zero-order chi connectivity index (χ0) is 16.7. The van der Waals surface area contributed by atoms with Crippen LogP contribution in [0.4, 0.5) is 5.69 Å². The van der Waals surface area contributed by atoms with Crippen molar-refractivity contribution in [2.45, 2.75) is 0 Å². The number of carbonyl (C=O) groups is 2. The van der Waals surface area contributed by atoms with Crippen LogP contribution >= 0.6 is 0 Å². The number of methoxy groups -OCH3 is 1. The second-order valence-electron chi connectivity index (χ2n) is 4.67. The molecular formula is C17H17NO5. The molecule has 2 rings (SSSR count). The average molecular weight is 315 g/mol. The van der Waals surface area contributed by atoms with Crippen LogP contribution in [0.2, 0.25) is 0 Å². The van der Waals surface area contributed by atoms with Crippen molar-refractivity contribution in [3.8, 4) is 5.75 Å². The number of hydrogen-bond acceptors (Lipinski definition) is 4. The van der Waals surface area contributed by atoms with Gasteiger partial charge in [0, 0.05) is 12.8 Å². The SMILES string of the molecule is COCCOc1ccccc1C(=O)Nc1ccc(C(=O)O)cc1. The zero-order valence-corrected chi connectivity index (χ0v) is 12.6. The highest BCUT2D eigenvalue weighted by molar-refractivity contribution is 6.06. The molecule has 0 saturated heterocycles. The summed E-state index contributed by atoms with van der Waals surface area (Å²) in [6.45, 7) is 0.765. The smallest absolute Gasteiger partial charge is 0.335 e. The van der Waals surface area contributed by atoms with Gasteiger partial charge in [0.1, 0.15) is 12.4 Å². The Morgan fingerprint density at radius 2 is 1.74 bits per heavy atom. The molecule has 0 aliphatic carbocycles. The number of rotatable bonds is 7. The highest BCUT2D eigenvalue weighted by atomic mass is 16.5. The fourth-order valence-corrected chi connectivity index (χ4v) is 1.91. The molecule has 0 atom stereocenters. The number of hydrogen-bond donors (Lipinski definition) is 2. The summed E-state index contributed by atoms with van der Waals surface area (Å²) in [5.74, 6) is -0.884. The largest absolute Gasteiger partial charge is 0.490 e. The van der Waals surface area contributed by atoms with Crippen LogP contribution in [0.25, 0.3) is 0 Å². The van der Waals surface area contributed by atoms with Gasteiger partial charge in [-0.1, -0.05) is 12.1 Å². The van der Waals surface area contributed by atoms with Gasteiger partial charge in [0.25, 0.3) is 5.91 Å². The highest BCUT2D eigenvalue weighted by Gasteiger charge is 2.12. The number of carboxylic acids is 1. The van der Waals surface area contributed by atoms with Crippen molar-refractivity contribution in [2.75, 3.05) is 25.6 Å². The number of carboxylic acid groups (broad SMARTS) is 1. The standard InChI is InChI=1S/C17H17NO5/c1-22-10-11-23-15-5-3-2-4-14(15)16(19)18-13-8-6-12(7-9-13)17(20)21/h2-9H,10-11H2,1H3,(H,18,19)(H,20,21). The second-order valence-corrected chi connectivity index (χ2v) is 4.67. The normalized spacial score (nSPS) is 10.1. The summed E-state index contributed by atoms with van der Waals surface area (Å²) in [6, 6.07) is 12.8. The Bertz CT molecular complexity index is 682. The maximum Gasteiger partial charge on any atom is 0.335 e. The Kier molecular flexibility index (Phi) is 5.71. The lowest BCUT2D eigenvalue weighted by atomic mass is 10.1. The maximum atomic E-state index is 12.3. The second kappa shape index (κ2) is 7.95. The van der Waals surface area contributed by atoms with E-state index >= 15 is 0 Å². The molecule has 0 unspecified atom stereocenters. The summed E-state index contributed by atoms with van der Waals surface area (Å²) in [4.78, 5) is 23.2. The van der Waals surface area contributed by atoms with E-state index in [2.05, 4.69) is 5.32 Å². The van der Waals surface area contributed by atoms with Crippen LogP contribution in [0.1, 0.15) is 20.7 Å². The minimum Gasteiger partial charge on any atom is -0.490 e. The van der Waals surface area contributed by atoms with Gasteiger partial charge in [-0.15, -0.1) is 0 Å². The first-order valence-corrected chi connectivity index (χ1v) is 6.97. The molecule has 0 fully saturated rings. The third kappa shape index (κ3) is 4.55. The first-order chi connectivity index (χ1) is 11.1. The summed E-state index contributed by atoms with van der Waals surface area (Å²) >= 11 is 0. The summed E-state index contributed by atoms with van der Waals surface area (Å²) in [5.41, 5.74) is 1.06. The van der Waals surface area contributed by atoms with Crippen LogP contribution in [-0.2, 0) is 4.74 Å². The molecule has 1 amide bonds. The molecule has 0 bridgehead atoms. The molecule has 0 saturated carbocycles. The maximum absolute atomic E-state index is 12.3. The van der Waals surface area contributed by atoms with Gasteiger partial charge in [0.05, 0.1) is 17.7 Å². The van der Waals surface area contributed by atoms with Crippen LogP contribution in [-0.4, -0.2) is 37.3 Å². The number of amides is 1. The molecule has 2 N–H and O–H groups in total. The first kappa shape index (κ1) is 16.5. The van der Waals surface area contributed by atoms with Crippen LogP contribution in [0.5, 0.6) is 5.75 Å². The van der Waals surface area contributed by atoms with Gasteiger partial charge < -0.3 is 19.9 Å². The monoisotopic (exact) mass is 315 g/mol. The minimum absolute atomic E-state index is 0.159. The lowest BCUT2D eigenvalue weighted by molar-refractivity contribution is 0.0696. The predicted octanol–water partition coefficient (Wildman–Crippen LogP) is 2.66. The Morgan fingerprint density at radius 1 is 1.04 bits per heavy atom. The third-order valence-electron chi connectivity index (χ3n) is 3.07. The molecule has 0 aliphatic rings. The van der Waals surface area contributed by atoms with E-state index in [1.807, 2.05) is 0 Å². The van der Waals surface area contributed by atoms with E-state index < -0.39 is 5.97 Å². The van der Waals surface area contributed by atoms with E-state index in [9.17, 15) is 9.59 Å². The molecule has 0 spiro atoms. The lowest BCUT2D eigenvalue weighted by Gasteiger charge is -2.11. The van der Waals surface area contributed by atoms with Crippen molar-refractivity contribution in [1.82, 2.24) is 0 Å². The molecular weight excluding hydrogens is 298 g/mol. The van der Waals surface area contributed by atoms with Gasteiger partial charge in [-0.3, -0.25) is 4.79 Å². The molecule has 6 nitrogen and oxygen atoms in total. The molecule has 0 aliphatic heterocycles. The number of carbonyl (C=O) groups excluding carboxylic acids is 1. The molecule has 6 heteroatoms. The van der Waals surface area contributed by atoms with E-state index in [1.54, 1.807) is 31.4 Å². The molecule has 0 aromatic heterocycles. The van der Waals surface area contributed by atoms with Crippen molar-refractivity contribution in [3.63, 3.8) is 0 Å². The van der Waals surface area contributed by atoms with Gasteiger partial charge in [-0.25, -0.2) is 4.79 Å². The van der Waals surface area contributed by atoms with Gasteiger partial charge in [0.15, 0.2) is 0 Å². The van der Waals surface area contributed by atoms with Crippen LogP contribution in [0.3, 0.4) is 0 Å². The quantitative estimate of drug-likeness (QED) is 0.767. The Balaban J connectivity index is 2.09. The number of nitrogens with one attached hydrogen (secondary N) is 1. The van der Waals surface area contributed by atoms with Gasteiger partial charge >= 0.3 is 5.97 Å². The van der Waals surface area contributed by atoms with E-state index in [-0.39, 0.29) is 11.5 Å². The summed E-state index contributed by atoms with van der Waals surface area (Å²) in [5, 5.41) is 11.6. The Hall–Kier alpha value is -2.86. The van der Waals surface area contributed by atoms with Gasteiger partial charge in [-0.05, 0) is 36.4 Å². The number of ether oxygens (including phenoxy) is 2. The first-order valence-electron chi connectivity index (χ1n) is 6.97. The van der Waals surface area contributed by atoms with Crippen LogP contribution < -0.4 is 10.1 Å². The van der Waals surface area contributed by atoms with E-state index in [0.717, 1.165) is 0 Å². The van der Waals surface area contributed by atoms with Crippen molar-refractivity contribution < 1.29 is 24.2 Å². The lowest BCUT2D eigenvalue weighted by Crippen LogP contribution is -2.15. The number of benzene rings is 2. The zero-order valence-electron chi connectivity index (χ0n) is 12.6. The molecule has 0 radical (unpaired) electrons. The van der Waals surface area contributed by atoms with Gasteiger partial charge in [0.2, 0.25) is 0 Å². The van der Waals surface area contributed by atoms with Crippen LogP contribution in [0.15, 0.2) is 48.5 Å². The fraction of sp³-hybridized carbons (Fsp3) is 0.176. The van der Waals surface area contributed by atoms with E-state index in [0.29, 0.717) is 30.2 Å². The Morgan fingerprint density at radius 3 is 2.39 bits per heavy atom. The van der Waals surface area contributed by atoms with Crippen molar-refractivity contribution in [1.29, 1.82) is 0 Å². The van der Waals surface area contributed by atoms with Crippen molar-refractivity contribution >= 4 is 17.6 Å². The summed E-state index contributed by atoms with van der Waals surface area (Å²) in [6.07, 6.45) is 0. The molecule has 2 aromatic rings. The topological polar surface area (TPSA) is 84.9 Å². The summed E-state index contributed by atoms with van der Waals surface area (Å²) in [7, 11) is 1.57. The number of aromatic carboxylic acids is 1. The Labute approximate surface area is 133 Å². The van der Waals surface area contributed by atoms with Crippen molar-refractivity contribution in [2.24, 2.45) is 0 Å².